The average Bonchev–Trinajstić information content (AvgIpc) is 2.67. The van der Waals surface area contributed by atoms with Crippen LogP contribution in [0.2, 0.25) is 0 Å². The lowest BCUT2D eigenvalue weighted by atomic mass is 9.83. The normalized spacial score (nSPS) is 23.4. The minimum atomic E-state index is -0.843. The molecule has 0 amide bonds. The van der Waals surface area contributed by atoms with Crippen molar-refractivity contribution in [3.8, 4) is 0 Å². The van der Waals surface area contributed by atoms with Gasteiger partial charge >= 0.3 is 0 Å². The number of rotatable bonds is 9. The van der Waals surface area contributed by atoms with Gasteiger partial charge in [0.1, 0.15) is 0 Å². The fourth-order valence-corrected chi connectivity index (χ4v) is 4.37. The standard InChI is InChI=1S/C21H43N5O2/c1-5-22-20(23-15-19(25(3)4)18-9-7-6-8-10-18)24-16-21(2,27)17-26-11-13-28-14-12-26/h18-19,27H,5-17H2,1-4H3,(H2,22,23,24). The van der Waals surface area contributed by atoms with Crippen molar-refractivity contribution >= 4 is 5.96 Å². The molecule has 0 radical (unpaired) electrons. The lowest BCUT2D eigenvalue weighted by Gasteiger charge is -2.35. The van der Waals surface area contributed by atoms with Crippen LogP contribution in [0.5, 0.6) is 0 Å². The summed E-state index contributed by atoms with van der Waals surface area (Å²) in [6, 6.07) is 0.512. The zero-order valence-corrected chi connectivity index (χ0v) is 18.5. The van der Waals surface area contributed by atoms with Gasteiger partial charge in [0, 0.05) is 38.8 Å². The molecule has 0 bridgehead atoms. The Kier molecular flexibility index (Phi) is 9.99. The molecule has 28 heavy (non-hydrogen) atoms. The van der Waals surface area contributed by atoms with Gasteiger partial charge in [-0.15, -0.1) is 0 Å². The molecular formula is C21H43N5O2. The SMILES string of the molecule is CCNC(=NCC(C)(O)CN1CCOCC1)NCC(C1CCCCC1)N(C)C. The van der Waals surface area contributed by atoms with Crippen molar-refractivity contribution in [1.82, 2.24) is 20.4 Å². The number of aliphatic imine (C=N–C) groups is 1. The summed E-state index contributed by atoms with van der Waals surface area (Å²) < 4.78 is 5.39. The average molecular weight is 398 g/mol. The van der Waals surface area contributed by atoms with Gasteiger partial charge in [0.05, 0.1) is 25.4 Å². The summed E-state index contributed by atoms with van der Waals surface area (Å²) >= 11 is 0. The maximum atomic E-state index is 10.8. The summed E-state index contributed by atoms with van der Waals surface area (Å²) in [5, 5.41) is 17.7. The molecule has 3 N–H and O–H groups in total. The lowest BCUT2D eigenvalue weighted by Crippen LogP contribution is -2.50. The Morgan fingerprint density at radius 1 is 1.21 bits per heavy atom. The van der Waals surface area contributed by atoms with Gasteiger partial charge in [0.15, 0.2) is 5.96 Å². The minimum absolute atomic E-state index is 0.385. The first-order chi connectivity index (χ1) is 13.4. The van der Waals surface area contributed by atoms with Crippen LogP contribution >= 0.6 is 0 Å². The molecule has 1 heterocycles. The smallest absolute Gasteiger partial charge is 0.191 e. The molecule has 0 spiro atoms. The fraction of sp³-hybridized carbons (Fsp3) is 0.952. The van der Waals surface area contributed by atoms with E-state index in [1.54, 1.807) is 0 Å². The molecule has 2 fully saturated rings. The molecule has 0 aromatic rings. The van der Waals surface area contributed by atoms with Crippen molar-refractivity contribution < 1.29 is 9.84 Å². The number of guanidine groups is 1. The van der Waals surface area contributed by atoms with Crippen LogP contribution in [0.3, 0.4) is 0 Å². The van der Waals surface area contributed by atoms with E-state index in [4.69, 9.17) is 9.73 Å². The number of ether oxygens (including phenoxy) is 1. The number of aliphatic hydroxyl groups is 1. The van der Waals surface area contributed by atoms with E-state index in [0.29, 0.717) is 19.1 Å². The molecule has 7 heteroatoms. The minimum Gasteiger partial charge on any atom is -0.387 e. The van der Waals surface area contributed by atoms with Crippen LogP contribution in [-0.4, -0.2) is 99.1 Å². The quantitative estimate of drug-likeness (QED) is 0.400. The van der Waals surface area contributed by atoms with E-state index in [9.17, 15) is 5.11 Å². The highest BCUT2D eigenvalue weighted by Gasteiger charge is 2.27. The first kappa shape index (κ1) is 23.4. The maximum Gasteiger partial charge on any atom is 0.191 e. The maximum absolute atomic E-state index is 10.8. The van der Waals surface area contributed by atoms with Crippen LogP contribution < -0.4 is 10.6 Å². The molecule has 1 saturated carbocycles. The van der Waals surface area contributed by atoms with Gasteiger partial charge < -0.3 is 25.4 Å². The molecule has 2 unspecified atom stereocenters. The number of morpholine rings is 1. The number of β-amino-alcohol motifs (C(OH)–C–C–N with tert-alkyl or cyclic N) is 1. The number of likely N-dealkylation sites (N-methyl/N-ethyl adjacent to an activating group) is 1. The third-order valence-electron chi connectivity index (χ3n) is 5.93. The highest BCUT2D eigenvalue weighted by molar-refractivity contribution is 5.79. The predicted octanol–water partition coefficient (Wildman–Crippen LogP) is 1.14. The van der Waals surface area contributed by atoms with Crippen LogP contribution in [0.4, 0.5) is 0 Å². The second kappa shape index (κ2) is 12.0. The van der Waals surface area contributed by atoms with Gasteiger partial charge in [-0.1, -0.05) is 19.3 Å². The van der Waals surface area contributed by atoms with Gasteiger partial charge in [-0.25, -0.2) is 0 Å². The molecule has 7 nitrogen and oxygen atoms in total. The fourth-order valence-electron chi connectivity index (χ4n) is 4.37. The molecule has 0 aromatic carbocycles. The third-order valence-corrected chi connectivity index (χ3v) is 5.93. The largest absolute Gasteiger partial charge is 0.387 e. The molecule has 1 aliphatic heterocycles. The van der Waals surface area contributed by atoms with Gasteiger partial charge in [-0.3, -0.25) is 9.89 Å². The van der Waals surface area contributed by atoms with E-state index in [1.165, 1.54) is 32.1 Å². The van der Waals surface area contributed by atoms with E-state index in [1.807, 2.05) is 6.92 Å². The van der Waals surface area contributed by atoms with Gasteiger partial charge in [-0.05, 0) is 46.7 Å². The van der Waals surface area contributed by atoms with Crippen LogP contribution in [-0.2, 0) is 4.74 Å². The lowest BCUT2D eigenvalue weighted by molar-refractivity contribution is -0.0180. The van der Waals surface area contributed by atoms with Crippen molar-refractivity contribution in [2.45, 2.75) is 57.6 Å². The Balaban J connectivity index is 1.88. The van der Waals surface area contributed by atoms with Gasteiger partial charge in [0.2, 0.25) is 0 Å². The molecular weight excluding hydrogens is 354 g/mol. The van der Waals surface area contributed by atoms with E-state index < -0.39 is 5.60 Å². The Labute approximate surface area is 171 Å². The molecule has 2 rings (SSSR count). The summed E-state index contributed by atoms with van der Waals surface area (Å²) in [5.74, 6) is 1.55. The Hall–Kier alpha value is -0.890. The zero-order valence-electron chi connectivity index (χ0n) is 18.5. The van der Waals surface area contributed by atoms with Crippen LogP contribution in [0.25, 0.3) is 0 Å². The van der Waals surface area contributed by atoms with Crippen molar-refractivity contribution in [2.24, 2.45) is 10.9 Å². The Morgan fingerprint density at radius 2 is 1.89 bits per heavy atom. The van der Waals surface area contributed by atoms with Gasteiger partial charge in [-0.2, -0.15) is 0 Å². The summed E-state index contributed by atoms with van der Waals surface area (Å²) in [4.78, 5) is 9.30. The summed E-state index contributed by atoms with van der Waals surface area (Å²) in [6.07, 6.45) is 6.74. The molecule has 1 aliphatic carbocycles. The molecule has 1 saturated heterocycles. The van der Waals surface area contributed by atoms with E-state index in [2.05, 4.69) is 41.5 Å². The number of nitrogens with zero attached hydrogens (tertiary/aromatic N) is 3. The van der Waals surface area contributed by atoms with Crippen LogP contribution in [0.15, 0.2) is 4.99 Å². The zero-order chi connectivity index (χ0) is 20.4. The molecule has 0 aromatic heterocycles. The highest BCUT2D eigenvalue weighted by atomic mass is 16.5. The Morgan fingerprint density at radius 3 is 2.50 bits per heavy atom. The van der Waals surface area contributed by atoms with E-state index in [-0.39, 0.29) is 0 Å². The second-order valence-corrected chi connectivity index (χ2v) is 8.89. The molecule has 2 atom stereocenters. The summed E-state index contributed by atoms with van der Waals surface area (Å²) in [6.45, 7) is 9.91. The predicted molar refractivity (Wildman–Crippen MR) is 116 cm³/mol. The first-order valence-corrected chi connectivity index (χ1v) is 11.1. The van der Waals surface area contributed by atoms with Crippen molar-refractivity contribution in [3.05, 3.63) is 0 Å². The Bertz CT molecular complexity index is 458. The monoisotopic (exact) mass is 397 g/mol. The highest BCUT2D eigenvalue weighted by Crippen LogP contribution is 2.28. The number of nitrogens with one attached hydrogen (secondary N) is 2. The first-order valence-electron chi connectivity index (χ1n) is 11.1. The molecule has 2 aliphatic rings. The van der Waals surface area contributed by atoms with Crippen LogP contribution in [0.1, 0.15) is 46.0 Å². The van der Waals surface area contributed by atoms with Crippen LogP contribution in [0, 0.1) is 5.92 Å². The van der Waals surface area contributed by atoms with E-state index >= 15 is 0 Å². The summed E-state index contributed by atoms with van der Waals surface area (Å²) in [7, 11) is 4.36. The summed E-state index contributed by atoms with van der Waals surface area (Å²) in [5.41, 5.74) is -0.843. The van der Waals surface area contributed by atoms with Crippen molar-refractivity contribution in [2.75, 3.05) is 66.6 Å². The topological polar surface area (TPSA) is 72.4 Å². The van der Waals surface area contributed by atoms with E-state index in [0.717, 1.165) is 51.3 Å². The number of hydrogen-bond acceptors (Lipinski definition) is 5. The third kappa shape index (κ3) is 8.23. The van der Waals surface area contributed by atoms with Gasteiger partial charge in [0.25, 0.3) is 0 Å². The molecule has 164 valence electrons. The van der Waals surface area contributed by atoms with Crippen molar-refractivity contribution in [3.63, 3.8) is 0 Å². The second-order valence-electron chi connectivity index (χ2n) is 8.89. The number of hydrogen-bond donors (Lipinski definition) is 3. The van der Waals surface area contributed by atoms with Crippen molar-refractivity contribution in [1.29, 1.82) is 0 Å².